The molecule has 2 N–H and O–H groups in total. The Morgan fingerprint density at radius 2 is 2.29 bits per heavy atom. The van der Waals surface area contributed by atoms with Gasteiger partial charge in [-0.2, -0.15) is 0 Å². The van der Waals surface area contributed by atoms with Crippen molar-refractivity contribution < 1.29 is 4.79 Å². The molecule has 3 nitrogen and oxygen atoms in total. The zero-order valence-corrected chi connectivity index (χ0v) is 9.39. The monoisotopic (exact) mass is 254 g/mol. The van der Waals surface area contributed by atoms with E-state index in [0.717, 1.165) is 16.7 Å². The lowest BCUT2D eigenvalue weighted by atomic mass is 10.1. The molecule has 1 aliphatic rings. The van der Waals surface area contributed by atoms with Gasteiger partial charge >= 0.3 is 0 Å². The summed E-state index contributed by atoms with van der Waals surface area (Å²) < 4.78 is 0.978. The number of rotatable bonds is 0. The van der Waals surface area contributed by atoms with E-state index in [9.17, 15) is 4.79 Å². The van der Waals surface area contributed by atoms with Crippen LogP contribution in [0.2, 0.25) is 0 Å². The Bertz CT molecular complexity index is 378. The van der Waals surface area contributed by atoms with E-state index >= 15 is 0 Å². The maximum absolute atomic E-state index is 11.7. The lowest BCUT2D eigenvalue weighted by Crippen LogP contribution is -2.34. The number of carbonyl (C=O) groups is 1. The van der Waals surface area contributed by atoms with Gasteiger partial charge in [-0.05, 0) is 25.1 Å². The van der Waals surface area contributed by atoms with Gasteiger partial charge in [0.25, 0.3) is 5.91 Å². The van der Waals surface area contributed by atoms with Crippen LogP contribution < -0.4 is 10.6 Å². The molecule has 14 heavy (non-hydrogen) atoms. The molecule has 1 aromatic carbocycles. The van der Waals surface area contributed by atoms with Crippen LogP contribution in [-0.2, 0) is 0 Å². The molecular formula is C10H11BrN2O. The Labute approximate surface area is 91.0 Å². The van der Waals surface area contributed by atoms with Crippen LogP contribution in [0, 0.1) is 0 Å². The van der Waals surface area contributed by atoms with E-state index in [1.54, 1.807) is 0 Å². The van der Waals surface area contributed by atoms with Crippen molar-refractivity contribution in [1.82, 2.24) is 5.32 Å². The summed E-state index contributed by atoms with van der Waals surface area (Å²) in [6.45, 7) is 2.74. The Balaban J connectivity index is 2.43. The molecule has 0 radical (unpaired) electrons. The molecule has 0 saturated heterocycles. The van der Waals surface area contributed by atoms with Gasteiger partial charge in [-0.15, -0.1) is 0 Å². The number of halogens is 1. The zero-order valence-electron chi connectivity index (χ0n) is 7.80. The van der Waals surface area contributed by atoms with Crippen LogP contribution in [0.25, 0.3) is 0 Å². The summed E-state index contributed by atoms with van der Waals surface area (Å²) in [6.07, 6.45) is 0. The highest BCUT2D eigenvalue weighted by atomic mass is 79.9. The molecule has 0 aromatic heterocycles. The highest BCUT2D eigenvalue weighted by Gasteiger charge is 2.18. The first kappa shape index (κ1) is 9.52. The maximum Gasteiger partial charge on any atom is 0.253 e. The number of anilines is 1. The van der Waals surface area contributed by atoms with E-state index in [1.807, 2.05) is 25.1 Å². The van der Waals surface area contributed by atoms with E-state index in [-0.39, 0.29) is 11.9 Å². The maximum atomic E-state index is 11.7. The molecule has 1 aromatic rings. The first-order chi connectivity index (χ1) is 6.66. The van der Waals surface area contributed by atoms with Gasteiger partial charge in [0.05, 0.1) is 5.56 Å². The van der Waals surface area contributed by atoms with Gasteiger partial charge in [0, 0.05) is 22.7 Å². The Morgan fingerprint density at radius 1 is 1.50 bits per heavy atom. The summed E-state index contributed by atoms with van der Waals surface area (Å²) >= 11 is 3.38. The number of benzene rings is 1. The van der Waals surface area contributed by atoms with Crippen molar-refractivity contribution in [1.29, 1.82) is 0 Å². The third kappa shape index (κ3) is 1.75. The molecule has 1 unspecified atom stereocenters. The van der Waals surface area contributed by atoms with Gasteiger partial charge in [-0.1, -0.05) is 15.9 Å². The number of amides is 1. The van der Waals surface area contributed by atoms with Crippen LogP contribution in [0.1, 0.15) is 17.3 Å². The van der Waals surface area contributed by atoms with Crippen molar-refractivity contribution in [2.24, 2.45) is 0 Å². The molecule has 1 heterocycles. The predicted octanol–water partition coefficient (Wildman–Crippen LogP) is 1.99. The molecule has 1 amide bonds. The summed E-state index contributed by atoms with van der Waals surface area (Å²) in [6, 6.07) is 5.77. The van der Waals surface area contributed by atoms with Crippen LogP contribution in [0.4, 0.5) is 5.69 Å². The minimum absolute atomic E-state index is 0.00926. The average molecular weight is 255 g/mol. The van der Waals surface area contributed by atoms with Crippen LogP contribution in [0.3, 0.4) is 0 Å². The van der Waals surface area contributed by atoms with Crippen LogP contribution in [0.15, 0.2) is 22.7 Å². The van der Waals surface area contributed by atoms with Crippen molar-refractivity contribution >= 4 is 27.5 Å². The van der Waals surface area contributed by atoms with Gasteiger partial charge in [0.15, 0.2) is 0 Å². The number of nitrogens with one attached hydrogen (secondary N) is 2. The Kier molecular flexibility index (Phi) is 2.46. The third-order valence-electron chi connectivity index (χ3n) is 2.20. The number of hydrogen-bond donors (Lipinski definition) is 2. The molecule has 4 heteroatoms. The van der Waals surface area contributed by atoms with Gasteiger partial charge in [0.2, 0.25) is 0 Å². The smallest absolute Gasteiger partial charge is 0.253 e. The fraction of sp³-hybridized carbons (Fsp3) is 0.300. The molecule has 1 aliphatic heterocycles. The highest BCUT2D eigenvalue weighted by molar-refractivity contribution is 9.10. The Morgan fingerprint density at radius 3 is 3.07 bits per heavy atom. The summed E-state index contributed by atoms with van der Waals surface area (Å²) in [5.41, 5.74) is 1.60. The number of hydrogen-bond acceptors (Lipinski definition) is 2. The van der Waals surface area contributed by atoms with Gasteiger partial charge in [0.1, 0.15) is 0 Å². The van der Waals surface area contributed by atoms with E-state index in [4.69, 9.17) is 0 Å². The number of fused-ring (bicyclic) bond motifs is 1. The summed E-state index contributed by atoms with van der Waals surface area (Å²) in [4.78, 5) is 11.7. The van der Waals surface area contributed by atoms with Crippen LogP contribution in [-0.4, -0.2) is 18.5 Å². The molecule has 2 rings (SSSR count). The first-order valence-electron chi connectivity index (χ1n) is 4.51. The molecule has 0 fully saturated rings. The first-order valence-corrected chi connectivity index (χ1v) is 5.30. The van der Waals surface area contributed by atoms with Crippen molar-refractivity contribution in [3.05, 3.63) is 28.2 Å². The van der Waals surface area contributed by atoms with Crippen molar-refractivity contribution in [3.8, 4) is 0 Å². The molecule has 0 saturated carbocycles. The van der Waals surface area contributed by atoms with Gasteiger partial charge in [-0.3, -0.25) is 4.79 Å². The van der Waals surface area contributed by atoms with E-state index in [1.165, 1.54) is 0 Å². The summed E-state index contributed by atoms with van der Waals surface area (Å²) in [5.74, 6) is -0.00926. The van der Waals surface area contributed by atoms with Crippen molar-refractivity contribution in [2.45, 2.75) is 13.0 Å². The third-order valence-corrected chi connectivity index (χ3v) is 2.70. The van der Waals surface area contributed by atoms with E-state index in [2.05, 4.69) is 26.6 Å². The topological polar surface area (TPSA) is 41.1 Å². The normalized spacial score (nSPS) is 20.4. The summed E-state index contributed by atoms with van der Waals surface area (Å²) in [5, 5.41) is 6.13. The quantitative estimate of drug-likeness (QED) is 0.744. The van der Waals surface area contributed by atoms with E-state index < -0.39 is 0 Å². The molecule has 1 atom stereocenters. The second-order valence-corrected chi connectivity index (χ2v) is 4.36. The predicted molar refractivity (Wildman–Crippen MR) is 59.6 cm³/mol. The molecule has 0 aliphatic carbocycles. The standard InChI is InChI=1S/C10H11BrN2O/c1-6-5-12-9-4-7(11)2-3-8(9)10(14)13-6/h2-4,6,12H,5H2,1H3,(H,13,14). The fourth-order valence-electron chi connectivity index (χ4n) is 1.48. The lowest BCUT2D eigenvalue weighted by Gasteiger charge is -2.08. The second kappa shape index (κ2) is 3.61. The summed E-state index contributed by atoms with van der Waals surface area (Å²) in [7, 11) is 0. The molecular weight excluding hydrogens is 244 g/mol. The number of carbonyl (C=O) groups excluding carboxylic acids is 1. The highest BCUT2D eigenvalue weighted by Crippen LogP contribution is 2.22. The Hall–Kier alpha value is -1.03. The SMILES string of the molecule is CC1CNc2cc(Br)ccc2C(=O)N1. The van der Waals surface area contributed by atoms with Crippen molar-refractivity contribution in [2.75, 3.05) is 11.9 Å². The fourth-order valence-corrected chi connectivity index (χ4v) is 1.84. The average Bonchev–Trinajstić information content (AvgIpc) is 2.26. The minimum atomic E-state index is -0.00926. The van der Waals surface area contributed by atoms with E-state index in [0.29, 0.717) is 5.56 Å². The molecule has 0 bridgehead atoms. The minimum Gasteiger partial charge on any atom is -0.382 e. The molecule has 74 valence electrons. The van der Waals surface area contributed by atoms with Crippen LogP contribution in [0.5, 0.6) is 0 Å². The lowest BCUT2D eigenvalue weighted by molar-refractivity contribution is 0.0945. The van der Waals surface area contributed by atoms with Gasteiger partial charge in [-0.25, -0.2) is 0 Å². The van der Waals surface area contributed by atoms with Crippen LogP contribution >= 0.6 is 15.9 Å². The largest absolute Gasteiger partial charge is 0.382 e. The van der Waals surface area contributed by atoms with Crippen molar-refractivity contribution in [3.63, 3.8) is 0 Å². The molecule has 0 spiro atoms. The second-order valence-electron chi connectivity index (χ2n) is 3.45. The van der Waals surface area contributed by atoms with Gasteiger partial charge < -0.3 is 10.6 Å². The zero-order chi connectivity index (χ0) is 10.1.